The van der Waals surface area contributed by atoms with Crippen LogP contribution in [0.15, 0.2) is 24.3 Å². The number of hydrogen-bond acceptors (Lipinski definition) is 1. The fourth-order valence-electron chi connectivity index (χ4n) is 3.14. The minimum Gasteiger partial charge on any atom is -0.315 e. The average molecular weight is 245 g/mol. The first-order valence-electron chi connectivity index (χ1n) is 7.54. The van der Waals surface area contributed by atoms with Crippen molar-refractivity contribution in [2.45, 2.75) is 64.3 Å². The van der Waals surface area contributed by atoms with Crippen LogP contribution < -0.4 is 5.32 Å². The van der Waals surface area contributed by atoms with E-state index in [1.54, 1.807) is 11.1 Å². The maximum atomic E-state index is 3.52. The molecule has 1 fully saturated rings. The van der Waals surface area contributed by atoms with Crippen molar-refractivity contribution in [3.63, 3.8) is 0 Å². The lowest BCUT2D eigenvalue weighted by atomic mass is 9.75. The van der Waals surface area contributed by atoms with Crippen molar-refractivity contribution in [2.24, 2.45) is 0 Å². The van der Waals surface area contributed by atoms with E-state index in [1.165, 1.54) is 25.7 Å². The average Bonchev–Trinajstić information content (AvgIpc) is 2.27. The maximum absolute atomic E-state index is 3.52. The molecular formula is C17H27N. The van der Waals surface area contributed by atoms with Gasteiger partial charge < -0.3 is 5.32 Å². The molecule has 0 spiro atoms. The van der Waals surface area contributed by atoms with Crippen LogP contribution in [0, 0.1) is 0 Å². The van der Waals surface area contributed by atoms with E-state index in [0.29, 0.717) is 12.0 Å². The molecule has 100 valence electrons. The minimum absolute atomic E-state index is 0.611. The van der Waals surface area contributed by atoms with Gasteiger partial charge >= 0.3 is 0 Å². The Labute approximate surface area is 112 Å². The predicted octanol–water partition coefficient (Wildman–Crippen LogP) is 4.45. The third kappa shape index (κ3) is 3.14. The third-order valence-corrected chi connectivity index (χ3v) is 4.33. The Hall–Kier alpha value is -0.820. The zero-order valence-electron chi connectivity index (χ0n) is 12.1. The Morgan fingerprint density at radius 2 is 1.94 bits per heavy atom. The Morgan fingerprint density at radius 1 is 1.22 bits per heavy atom. The molecule has 0 aliphatic heterocycles. The molecule has 2 unspecified atom stereocenters. The van der Waals surface area contributed by atoms with E-state index in [9.17, 15) is 0 Å². The first-order chi connectivity index (χ1) is 8.72. The van der Waals surface area contributed by atoms with E-state index >= 15 is 0 Å². The highest BCUT2D eigenvalue weighted by Crippen LogP contribution is 2.40. The molecule has 0 amide bonds. The second-order valence-electron chi connectivity index (χ2n) is 5.85. The van der Waals surface area contributed by atoms with Crippen LogP contribution in [0.1, 0.15) is 69.4 Å². The molecule has 0 radical (unpaired) electrons. The summed E-state index contributed by atoms with van der Waals surface area (Å²) >= 11 is 0. The van der Waals surface area contributed by atoms with Crippen LogP contribution in [0.25, 0.3) is 0 Å². The Balaban J connectivity index is 2.06. The molecule has 1 aromatic rings. The van der Waals surface area contributed by atoms with E-state index < -0.39 is 0 Å². The summed E-state index contributed by atoms with van der Waals surface area (Å²) in [7, 11) is 0. The van der Waals surface area contributed by atoms with Crippen molar-refractivity contribution in [2.75, 3.05) is 6.54 Å². The molecule has 1 N–H and O–H groups in total. The monoisotopic (exact) mass is 245 g/mol. The molecule has 0 saturated heterocycles. The first-order valence-corrected chi connectivity index (χ1v) is 7.54. The summed E-state index contributed by atoms with van der Waals surface area (Å²) in [5.74, 6) is 1.51. The lowest BCUT2D eigenvalue weighted by Crippen LogP contribution is -2.27. The normalized spacial score (nSPS) is 19.3. The Kier molecular flexibility index (Phi) is 4.82. The van der Waals surface area contributed by atoms with Gasteiger partial charge in [-0.3, -0.25) is 0 Å². The number of nitrogens with one attached hydrogen (secondary N) is 1. The highest BCUT2D eigenvalue weighted by molar-refractivity contribution is 5.34. The molecule has 1 heteroatoms. The summed E-state index contributed by atoms with van der Waals surface area (Å²) in [5, 5.41) is 3.52. The lowest BCUT2D eigenvalue weighted by molar-refractivity contribution is 0.412. The molecule has 2 rings (SSSR count). The summed E-state index contributed by atoms with van der Waals surface area (Å²) in [5.41, 5.74) is 3.21. The van der Waals surface area contributed by atoms with Gasteiger partial charge in [0.2, 0.25) is 0 Å². The topological polar surface area (TPSA) is 12.0 Å². The summed E-state index contributed by atoms with van der Waals surface area (Å²) in [4.78, 5) is 0. The largest absolute Gasteiger partial charge is 0.315 e. The van der Waals surface area contributed by atoms with E-state index in [0.717, 1.165) is 12.5 Å². The van der Waals surface area contributed by atoms with Crippen molar-refractivity contribution < 1.29 is 0 Å². The Bertz CT molecular complexity index is 368. The second kappa shape index (κ2) is 6.38. The molecule has 1 nitrogen and oxygen atoms in total. The van der Waals surface area contributed by atoms with E-state index in [2.05, 4.69) is 50.4 Å². The van der Waals surface area contributed by atoms with Crippen molar-refractivity contribution >= 4 is 0 Å². The summed E-state index contributed by atoms with van der Waals surface area (Å²) in [6, 6.07) is 9.72. The molecule has 1 saturated carbocycles. The van der Waals surface area contributed by atoms with Gasteiger partial charge in [0.05, 0.1) is 0 Å². The van der Waals surface area contributed by atoms with Gasteiger partial charge in [-0.25, -0.2) is 0 Å². The van der Waals surface area contributed by atoms with Crippen molar-refractivity contribution in [1.82, 2.24) is 5.32 Å². The molecule has 2 atom stereocenters. The highest BCUT2D eigenvalue weighted by atomic mass is 14.9. The summed E-state index contributed by atoms with van der Waals surface area (Å²) in [6.45, 7) is 7.93. The van der Waals surface area contributed by atoms with Crippen molar-refractivity contribution in [3.8, 4) is 0 Å². The number of rotatable bonds is 6. The summed E-state index contributed by atoms with van der Waals surface area (Å²) < 4.78 is 0. The van der Waals surface area contributed by atoms with Gasteiger partial charge in [-0.2, -0.15) is 0 Å². The van der Waals surface area contributed by atoms with Crippen LogP contribution in [0.2, 0.25) is 0 Å². The van der Waals surface area contributed by atoms with Gasteiger partial charge in [0, 0.05) is 6.04 Å². The molecule has 1 aromatic carbocycles. The molecular weight excluding hydrogens is 218 g/mol. The van der Waals surface area contributed by atoms with Gasteiger partial charge in [-0.05, 0) is 55.7 Å². The van der Waals surface area contributed by atoms with Gasteiger partial charge in [0.1, 0.15) is 0 Å². The Morgan fingerprint density at radius 3 is 2.56 bits per heavy atom. The molecule has 18 heavy (non-hydrogen) atoms. The fourth-order valence-corrected chi connectivity index (χ4v) is 3.14. The molecule has 1 aliphatic carbocycles. The SMILES string of the molecule is CCNC(C)CC(C)c1ccccc1C1CCC1. The van der Waals surface area contributed by atoms with Crippen LogP contribution in [-0.4, -0.2) is 12.6 Å². The van der Waals surface area contributed by atoms with Gasteiger partial charge in [-0.15, -0.1) is 0 Å². The smallest absolute Gasteiger partial charge is 0.00443 e. The van der Waals surface area contributed by atoms with E-state index in [4.69, 9.17) is 0 Å². The van der Waals surface area contributed by atoms with Crippen molar-refractivity contribution in [3.05, 3.63) is 35.4 Å². The summed E-state index contributed by atoms with van der Waals surface area (Å²) in [6.07, 6.45) is 5.44. The van der Waals surface area contributed by atoms with Crippen LogP contribution in [-0.2, 0) is 0 Å². The van der Waals surface area contributed by atoms with Gasteiger partial charge in [0.25, 0.3) is 0 Å². The molecule has 0 bridgehead atoms. The first kappa shape index (κ1) is 13.6. The van der Waals surface area contributed by atoms with Crippen molar-refractivity contribution in [1.29, 1.82) is 0 Å². The lowest BCUT2D eigenvalue weighted by Gasteiger charge is -2.30. The number of benzene rings is 1. The third-order valence-electron chi connectivity index (χ3n) is 4.33. The van der Waals surface area contributed by atoms with Gasteiger partial charge in [-0.1, -0.05) is 44.5 Å². The van der Waals surface area contributed by atoms with E-state index in [-0.39, 0.29) is 0 Å². The maximum Gasteiger partial charge on any atom is 0.00443 e. The molecule has 0 heterocycles. The van der Waals surface area contributed by atoms with Crippen LogP contribution in [0.5, 0.6) is 0 Å². The molecule has 1 aliphatic rings. The molecule has 0 aromatic heterocycles. The standard InChI is InChI=1S/C17H27N/c1-4-18-14(3)12-13(2)16-10-5-6-11-17(16)15-8-7-9-15/h5-6,10-11,13-15,18H,4,7-9,12H2,1-3H3. The van der Waals surface area contributed by atoms with Crippen LogP contribution in [0.4, 0.5) is 0 Å². The van der Waals surface area contributed by atoms with Crippen LogP contribution in [0.3, 0.4) is 0 Å². The zero-order valence-corrected chi connectivity index (χ0v) is 12.1. The predicted molar refractivity (Wildman–Crippen MR) is 79.2 cm³/mol. The fraction of sp³-hybridized carbons (Fsp3) is 0.647. The van der Waals surface area contributed by atoms with Crippen LogP contribution >= 0.6 is 0 Å². The second-order valence-corrected chi connectivity index (χ2v) is 5.85. The minimum atomic E-state index is 0.611. The highest BCUT2D eigenvalue weighted by Gasteiger charge is 2.23. The van der Waals surface area contributed by atoms with E-state index in [1.807, 2.05) is 0 Å². The van der Waals surface area contributed by atoms with Gasteiger partial charge in [0.15, 0.2) is 0 Å². The zero-order chi connectivity index (χ0) is 13.0. The quantitative estimate of drug-likeness (QED) is 0.781. The number of hydrogen-bond donors (Lipinski definition) is 1.